The quantitative estimate of drug-likeness (QED) is 0.883. The maximum Gasteiger partial charge on any atom is 0.129 e. The lowest BCUT2D eigenvalue weighted by molar-refractivity contribution is 0.169. The minimum atomic E-state index is -1.17. The molecule has 0 saturated carbocycles. The SMILES string of the molecule is OC(CNCc1cccc(F)c1)c1cc(F)ccc1F. The van der Waals surface area contributed by atoms with E-state index >= 15 is 0 Å². The topological polar surface area (TPSA) is 32.3 Å². The van der Waals surface area contributed by atoms with E-state index in [4.69, 9.17) is 0 Å². The van der Waals surface area contributed by atoms with Gasteiger partial charge in [-0.2, -0.15) is 0 Å². The molecule has 2 rings (SSSR count). The van der Waals surface area contributed by atoms with Crippen LogP contribution in [0.15, 0.2) is 42.5 Å². The van der Waals surface area contributed by atoms with Gasteiger partial charge in [-0.3, -0.25) is 0 Å². The van der Waals surface area contributed by atoms with Crippen molar-refractivity contribution in [2.45, 2.75) is 12.6 Å². The molecular formula is C15H14F3NO. The third-order valence-electron chi connectivity index (χ3n) is 2.87. The Balaban J connectivity index is 1.92. The van der Waals surface area contributed by atoms with E-state index in [1.54, 1.807) is 12.1 Å². The number of hydrogen-bond acceptors (Lipinski definition) is 2. The Kier molecular flexibility index (Phi) is 4.76. The maximum absolute atomic E-state index is 13.4. The lowest BCUT2D eigenvalue weighted by Gasteiger charge is -2.13. The molecule has 0 bridgehead atoms. The minimum Gasteiger partial charge on any atom is -0.387 e. The molecule has 1 unspecified atom stereocenters. The monoisotopic (exact) mass is 281 g/mol. The molecule has 0 radical (unpaired) electrons. The first kappa shape index (κ1) is 14.6. The summed E-state index contributed by atoms with van der Waals surface area (Å²) in [5.74, 6) is -1.61. The molecule has 2 aromatic carbocycles. The number of halogens is 3. The van der Waals surface area contributed by atoms with Crippen LogP contribution in [0, 0.1) is 17.5 Å². The van der Waals surface area contributed by atoms with E-state index in [0.717, 1.165) is 18.2 Å². The molecule has 0 aromatic heterocycles. The minimum absolute atomic E-state index is 0.0386. The number of benzene rings is 2. The first-order chi connectivity index (χ1) is 9.56. The molecule has 0 spiro atoms. The zero-order valence-electron chi connectivity index (χ0n) is 10.6. The molecular weight excluding hydrogens is 267 g/mol. The summed E-state index contributed by atoms with van der Waals surface area (Å²) in [4.78, 5) is 0. The Labute approximate surface area is 114 Å². The molecule has 5 heteroatoms. The van der Waals surface area contributed by atoms with Crippen molar-refractivity contribution in [1.82, 2.24) is 5.32 Å². The van der Waals surface area contributed by atoms with Crippen molar-refractivity contribution in [3.8, 4) is 0 Å². The molecule has 106 valence electrons. The highest BCUT2D eigenvalue weighted by molar-refractivity contribution is 5.21. The fourth-order valence-electron chi connectivity index (χ4n) is 1.88. The molecule has 2 nitrogen and oxygen atoms in total. The fourth-order valence-corrected chi connectivity index (χ4v) is 1.88. The zero-order valence-corrected chi connectivity index (χ0v) is 10.6. The van der Waals surface area contributed by atoms with Gasteiger partial charge in [0.15, 0.2) is 0 Å². The van der Waals surface area contributed by atoms with Gasteiger partial charge in [0.05, 0.1) is 6.10 Å². The van der Waals surface area contributed by atoms with Gasteiger partial charge in [0.25, 0.3) is 0 Å². The molecule has 0 heterocycles. The summed E-state index contributed by atoms with van der Waals surface area (Å²) in [5.41, 5.74) is 0.605. The predicted molar refractivity (Wildman–Crippen MR) is 69.4 cm³/mol. The highest BCUT2D eigenvalue weighted by Crippen LogP contribution is 2.17. The van der Waals surface area contributed by atoms with E-state index in [0.29, 0.717) is 12.1 Å². The summed E-state index contributed by atoms with van der Waals surface area (Å²) in [5, 5.41) is 12.7. The number of nitrogens with one attached hydrogen (secondary N) is 1. The van der Waals surface area contributed by atoms with Crippen LogP contribution in [0.5, 0.6) is 0 Å². The van der Waals surface area contributed by atoms with Crippen molar-refractivity contribution in [2.24, 2.45) is 0 Å². The molecule has 1 atom stereocenters. The molecule has 2 aromatic rings. The lowest BCUT2D eigenvalue weighted by atomic mass is 10.1. The van der Waals surface area contributed by atoms with Gasteiger partial charge in [-0.15, -0.1) is 0 Å². The van der Waals surface area contributed by atoms with Gasteiger partial charge in [-0.25, -0.2) is 13.2 Å². The van der Waals surface area contributed by atoms with Crippen LogP contribution >= 0.6 is 0 Å². The second kappa shape index (κ2) is 6.54. The second-order valence-corrected chi connectivity index (χ2v) is 4.44. The Morgan fingerprint density at radius 1 is 1.00 bits per heavy atom. The lowest BCUT2D eigenvalue weighted by Crippen LogP contribution is -2.21. The van der Waals surface area contributed by atoms with Gasteiger partial charge in [0, 0.05) is 18.7 Å². The van der Waals surface area contributed by atoms with Crippen LogP contribution in [0.2, 0.25) is 0 Å². The van der Waals surface area contributed by atoms with Crippen LogP contribution in [0.25, 0.3) is 0 Å². The van der Waals surface area contributed by atoms with Gasteiger partial charge < -0.3 is 10.4 Å². The summed E-state index contributed by atoms with van der Waals surface area (Å²) in [7, 11) is 0. The summed E-state index contributed by atoms with van der Waals surface area (Å²) < 4.78 is 39.4. The predicted octanol–water partition coefficient (Wildman–Crippen LogP) is 2.93. The van der Waals surface area contributed by atoms with E-state index < -0.39 is 17.7 Å². The van der Waals surface area contributed by atoms with E-state index in [-0.39, 0.29) is 17.9 Å². The number of aliphatic hydroxyl groups excluding tert-OH is 1. The number of aliphatic hydroxyl groups is 1. The van der Waals surface area contributed by atoms with Crippen LogP contribution in [0.4, 0.5) is 13.2 Å². The summed E-state index contributed by atoms with van der Waals surface area (Å²) in [6, 6.07) is 8.93. The van der Waals surface area contributed by atoms with Crippen molar-refractivity contribution in [3.63, 3.8) is 0 Å². The molecule has 20 heavy (non-hydrogen) atoms. The first-order valence-electron chi connectivity index (χ1n) is 6.14. The van der Waals surface area contributed by atoms with Crippen molar-refractivity contribution in [2.75, 3.05) is 6.54 Å². The Morgan fingerprint density at radius 3 is 2.50 bits per heavy atom. The molecule has 0 saturated heterocycles. The van der Waals surface area contributed by atoms with Crippen molar-refractivity contribution in [3.05, 3.63) is 71.0 Å². The van der Waals surface area contributed by atoms with Gasteiger partial charge in [-0.05, 0) is 35.9 Å². The highest BCUT2D eigenvalue weighted by atomic mass is 19.1. The fraction of sp³-hybridized carbons (Fsp3) is 0.200. The maximum atomic E-state index is 13.4. The zero-order chi connectivity index (χ0) is 14.5. The summed E-state index contributed by atoms with van der Waals surface area (Å²) >= 11 is 0. The van der Waals surface area contributed by atoms with E-state index in [2.05, 4.69) is 5.32 Å². The second-order valence-electron chi connectivity index (χ2n) is 4.44. The van der Waals surface area contributed by atoms with Gasteiger partial charge in [0.1, 0.15) is 17.5 Å². The number of hydrogen-bond donors (Lipinski definition) is 2. The average molecular weight is 281 g/mol. The average Bonchev–Trinajstić information content (AvgIpc) is 2.41. The molecule has 0 aliphatic carbocycles. The standard InChI is InChI=1S/C15H14F3NO/c16-11-3-1-2-10(6-11)8-19-9-15(20)13-7-12(17)4-5-14(13)18/h1-7,15,19-20H,8-9H2. The molecule has 0 aliphatic rings. The van der Waals surface area contributed by atoms with Crippen LogP contribution < -0.4 is 5.32 Å². The van der Waals surface area contributed by atoms with Crippen molar-refractivity contribution >= 4 is 0 Å². The first-order valence-corrected chi connectivity index (χ1v) is 6.14. The molecule has 0 fully saturated rings. The Bertz CT molecular complexity index is 589. The molecule has 0 amide bonds. The van der Waals surface area contributed by atoms with E-state index in [1.807, 2.05) is 0 Å². The largest absolute Gasteiger partial charge is 0.387 e. The van der Waals surface area contributed by atoms with E-state index in [9.17, 15) is 18.3 Å². The van der Waals surface area contributed by atoms with Gasteiger partial charge in [0.2, 0.25) is 0 Å². The number of rotatable bonds is 5. The van der Waals surface area contributed by atoms with Crippen LogP contribution in [0.3, 0.4) is 0 Å². The van der Waals surface area contributed by atoms with Crippen molar-refractivity contribution in [1.29, 1.82) is 0 Å². The molecule has 2 N–H and O–H groups in total. The van der Waals surface area contributed by atoms with Gasteiger partial charge >= 0.3 is 0 Å². The van der Waals surface area contributed by atoms with E-state index in [1.165, 1.54) is 12.1 Å². The van der Waals surface area contributed by atoms with Crippen LogP contribution in [-0.4, -0.2) is 11.7 Å². The van der Waals surface area contributed by atoms with Crippen LogP contribution in [0.1, 0.15) is 17.2 Å². The molecule has 0 aliphatic heterocycles. The Morgan fingerprint density at radius 2 is 1.75 bits per heavy atom. The van der Waals surface area contributed by atoms with Crippen molar-refractivity contribution < 1.29 is 18.3 Å². The highest BCUT2D eigenvalue weighted by Gasteiger charge is 2.13. The smallest absolute Gasteiger partial charge is 0.129 e. The summed E-state index contributed by atoms with van der Waals surface area (Å²) in [6.45, 7) is 0.364. The Hall–Kier alpha value is -1.85. The van der Waals surface area contributed by atoms with Gasteiger partial charge in [-0.1, -0.05) is 12.1 Å². The summed E-state index contributed by atoms with van der Waals surface area (Å²) in [6.07, 6.45) is -1.17. The third kappa shape index (κ3) is 3.82. The van der Waals surface area contributed by atoms with Crippen LogP contribution in [-0.2, 0) is 6.54 Å². The normalized spacial score (nSPS) is 12.4. The third-order valence-corrected chi connectivity index (χ3v) is 2.87.